The van der Waals surface area contributed by atoms with Gasteiger partial charge in [-0.3, -0.25) is 24.0 Å². The number of aliphatic hydroxyl groups is 1. The molecule has 0 spiro atoms. The molecule has 270 valence electrons. The normalized spacial score (nSPS) is 30.7. The van der Waals surface area contributed by atoms with Crippen molar-refractivity contribution in [2.75, 3.05) is 20.2 Å². The second-order valence-electron chi connectivity index (χ2n) is 13.6. The molecule has 1 aliphatic carbocycles. The molecule has 2 rings (SSSR count). The van der Waals surface area contributed by atoms with Crippen LogP contribution in [0.25, 0.3) is 0 Å². The van der Waals surface area contributed by atoms with Gasteiger partial charge in [-0.25, -0.2) is 0 Å². The van der Waals surface area contributed by atoms with Crippen LogP contribution >= 0.6 is 0 Å². The van der Waals surface area contributed by atoms with Gasteiger partial charge in [-0.05, 0) is 45.4 Å². The van der Waals surface area contributed by atoms with E-state index < -0.39 is 72.0 Å². The molecule has 1 aliphatic heterocycles. The molecule has 1 unspecified atom stereocenters. The smallest absolute Gasteiger partial charge is 0.245 e. The van der Waals surface area contributed by atoms with Crippen LogP contribution in [0.3, 0.4) is 0 Å². The van der Waals surface area contributed by atoms with Gasteiger partial charge in [-0.1, -0.05) is 72.1 Å². The summed E-state index contributed by atoms with van der Waals surface area (Å²) >= 11 is 0. The van der Waals surface area contributed by atoms with E-state index in [1.54, 1.807) is 20.9 Å². The van der Waals surface area contributed by atoms with Crippen LogP contribution in [-0.2, 0) is 28.7 Å². The largest absolute Gasteiger partial charge is 0.391 e. The first-order valence-corrected chi connectivity index (χ1v) is 17.8. The second-order valence-corrected chi connectivity index (χ2v) is 13.6. The number of likely N-dealkylation sites (N-methyl/N-ethyl adjacent to an activating group) is 1. The number of hydrogen-bond donors (Lipinski definition) is 6. The van der Waals surface area contributed by atoms with Gasteiger partial charge < -0.3 is 41.7 Å². The van der Waals surface area contributed by atoms with Crippen molar-refractivity contribution < 1.29 is 33.8 Å². The van der Waals surface area contributed by atoms with Crippen LogP contribution in [0, 0.1) is 11.8 Å². The third kappa shape index (κ3) is 12.3. The Labute approximate surface area is 281 Å². The monoisotopic (exact) mass is 666 g/mol. The molecular weight excluding hydrogens is 604 g/mol. The lowest BCUT2D eigenvalue weighted by atomic mass is 9.83. The minimum atomic E-state index is -1.32. The van der Waals surface area contributed by atoms with E-state index in [4.69, 9.17) is 10.5 Å². The highest BCUT2D eigenvalue weighted by Crippen LogP contribution is 2.27. The summed E-state index contributed by atoms with van der Waals surface area (Å²) in [7, 11) is 1.62. The Morgan fingerprint density at radius 1 is 0.851 bits per heavy atom. The van der Waals surface area contributed by atoms with Crippen LogP contribution in [0.1, 0.15) is 112 Å². The zero-order valence-electron chi connectivity index (χ0n) is 29.5. The van der Waals surface area contributed by atoms with E-state index in [9.17, 15) is 29.1 Å². The van der Waals surface area contributed by atoms with Crippen molar-refractivity contribution in [3.8, 4) is 0 Å². The highest BCUT2D eigenvalue weighted by Gasteiger charge is 2.38. The standard InChI is InChI=1S/C34H62N6O7/c1-7-9-10-14-18-27-22(4)34(46)40(6)26(15-8-2)31(43)39-29(24-16-12-11-13-17-24)33(45)37-25(19-35)30(42)38-28(23(5)41)32(44)36-21(3)20-47-27/h21-29,41H,7-20,35H2,1-6H3,(H,36,44)(H,37,45)(H,38,42)(H,39,43)/t21-,22-,23?,25+,26+,27-,28+,29+/m1/s1. The van der Waals surface area contributed by atoms with Crippen LogP contribution in [0.4, 0.5) is 0 Å². The topological polar surface area (TPSA) is 192 Å². The molecule has 0 radical (unpaired) electrons. The van der Waals surface area contributed by atoms with E-state index in [0.717, 1.165) is 57.8 Å². The molecule has 1 saturated carbocycles. The lowest BCUT2D eigenvalue weighted by Gasteiger charge is -2.35. The molecule has 8 atom stereocenters. The Morgan fingerprint density at radius 2 is 1.53 bits per heavy atom. The maximum Gasteiger partial charge on any atom is 0.245 e. The van der Waals surface area contributed by atoms with Crippen molar-refractivity contribution in [2.24, 2.45) is 17.6 Å². The number of rotatable bonds is 10. The summed E-state index contributed by atoms with van der Waals surface area (Å²) in [6, 6.07) is -4.80. The number of nitrogens with one attached hydrogen (secondary N) is 4. The Balaban J connectivity index is 2.52. The number of nitrogens with zero attached hydrogens (tertiary/aromatic N) is 1. The van der Waals surface area contributed by atoms with Crippen molar-refractivity contribution >= 4 is 29.5 Å². The molecule has 0 aromatic rings. The predicted octanol–water partition coefficient (Wildman–Crippen LogP) is 1.50. The van der Waals surface area contributed by atoms with E-state index in [1.165, 1.54) is 11.8 Å². The molecule has 47 heavy (non-hydrogen) atoms. The predicted molar refractivity (Wildman–Crippen MR) is 180 cm³/mol. The molecule has 1 heterocycles. The number of nitrogens with two attached hydrogens (primary N) is 1. The fraction of sp³-hybridized carbons (Fsp3) is 0.853. The summed E-state index contributed by atoms with van der Waals surface area (Å²) in [5.41, 5.74) is 5.91. The maximum atomic E-state index is 14.0. The Hall–Kier alpha value is -2.77. The van der Waals surface area contributed by atoms with Crippen LogP contribution in [0.5, 0.6) is 0 Å². The number of amides is 5. The zero-order chi connectivity index (χ0) is 35.1. The van der Waals surface area contributed by atoms with Gasteiger partial charge in [0.15, 0.2) is 0 Å². The van der Waals surface area contributed by atoms with Crippen LogP contribution in [0.2, 0.25) is 0 Å². The van der Waals surface area contributed by atoms with Gasteiger partial charge in [0.2, 0.25) is 29.5 Å². The maximum absolute atomic E-state index is 14.0. The fourth-order valence-electron chi connectivity index (χ4n) is 6.57. The third-order valence-electron chi connectivity index (χ3n) is 9.55. The van der Waals surface area contributed by atoms with Gasteiger partial charge >= 0.3 is 0 Å². The number of hydrogen-bond acceptors (Lipinski definition) is 8. The van der Waals surface area contributed by atoms with E-state index in [2.05, 4.69) is 28.2 Å². The van der Waals surface area contributed by atoms with E-state index in [0.29, 0.717) is 19.3 Å². The Kier molecular flexibility index (Phi) is 17.7. The lowest BCUT2D eigenvalue weighted by Crippen LogP contribution is -2.62. The summed E-state index contributed by atoms with van der Waals surface area (Å²) in [5.74, 6) is -3.31. The van der Waals surface area contributed by atoms with Crippen molar-refractivity contribution in [1.82, 2.24) is 26.2 Å². The Bertz CT molecular complexity index is 1020. The van der Waals surface area contributed by atoms with Crippen molar-refractivity contribution in [2.45, 2.75) is 154 Å². The molecule has 13 nitrogen and oxygen atoms in total. The zero-order valence-corrected chi connectivity index (χ0v) is 29.5. The summed E-state index contributed by atoms with van der Waals surface area (Å²) in [4.78, 5) is 69.7. The molecule has 2 aliphatic rings. The van der Waals surface area contributed by atoms with E-state index in [-0.39, 0.29) is 25.0 Å². The first-order chi connectivity index (χ1) is 22.4. The average molecular weight is 667 g/mol. The highest BCUT2D eigenvalue weighted by atomic mass is 16.5. The molecule has 13 heteroatoms. The minimum Gasteiger partial charge on any atom is -0.391 e. The molecular formula is C34H62N6O7. The van der Waals surface area contributed by atoms with Crippen LogP contribution in [-0.4, -0.2) is 102 Å². The quantitative estimate of drug-likeness (QED) is 0.189. The van der Waals surface area contributed by atoms with E-state index in [1.807, 2.05) is 6.92 Å². The molecule has 0 aromatic carbocycles. The molecule has 1 saturated heterocycles. The molecule has 5 amide bonds. The number of carbonyl (C=O) groups is 5. The van der Waals surface area contributed by atoms with Gasteiger partial charge in [0, 0.05) is 19.6 Å². The number of ether oxygens (including phenoxy) is 1. The molecule has 2 fully saturated rings. The molecule has 0 aromatic heterocycles. The SMILES string of the molecule is CCCCCC[C@H]1OC[C@@H](C)NC(=O)[C@H](C(C)O)NC(=O)[C@H](CN)NC(=O)[C@H](C2CCCCC2)NC(=O)[C@H](CCC)N(C)C(=O)[C@@H]1C. The van der Waals surface area contributed by atoms with Gasteiger partial charge in [0.05, 0.1) is 24.7 Å². The first kappa shape index (κ1) is 40.4. The molecule has 0 bridgehead atoms. The first-order valence-electron chi connectivity index (χ1n) is 17.8. The van der Waals surface area contributed by atoms with Crippen LogP contribution in [0.15, 0.2) is 0 Å². The van der Waals surface area contributed by atoms with Gasteiger partial charge in [-0.15, -0.1) is 0 Å². The van der Waals surface area contributed by atoms with Crippen molar-refractivity contribution in [3.63, 3.8) is 0 Å². The minimum absolute atomic E-state index is 0.0927. The van der Waals surface area contributed by atoms with Crippen LogP contribution < -0.4 is 27.0 Å². The summed E-state index contributed by atoms with van der Waals surface area (Å²) in [5, 5.41) is 21.4. The summed E-state index contributed by atoms with van der Waals surface area (Å²) in [6.45, 7) is 8.82. The summed E-state index contributed by atoms with van der Waals surface area (Å²) in [6.07, 6.45) is 8.21. The van der Waals surface area contributed by atoms with E-state index >= 15 is 0 Å². The van der Waals surface area contributed by atoms with Crippen molar-refractivity contribution in [3.05, 3.63) is 0 Å². The fourth-order valence-corrected chi connectivity index (χ4v) is 6.57. The second kappa shape index (κ2) is 20.6. The number of carbonyl (C=O) groups excluding carboxylic acids is 5. The van der Waals surface area contributed by atoms with Crippen molar-refractivity contribution in [1.29, 1.82) is 0 Å². The Morgan fingerprint density at radius 3 is 2.13 bits per heavy atom. The van der Waals surface area contributed by atoms with Gasteiger partial charge in [-0.2, -0.15) is 0 Å². The highest BCUT2D eigenvalue weighted by molar-refractivity contribution is 5.96. The van der Waals surface area contributed by atoms with Gasteiger partial charge in [0.1, 0.15) is 24.2 Å². The molecule has 7 N–H and O–H groups in total. The number of aliphatic hydroxyl groups excluding tert-OH is 1. The average Bonchev–Trinajstić information content (AvgIpc) is 3.05. The third-order valence-corrected chi connectivity index (χ3v) is 9.55. The lowest BCUT2D eigenvalue weighted by molar-refractivity contribution is -0.147. The summed E-state index contributed by atoms with van der Waals surface area (Å²) < 4.78 is 6.28. The van der Waals surface area contributed by atoms with Gasteiger partial charge in [0.25, 0.3) is 0 Å². The number of unbranched alkanes of at least 4 members (excludes halogenated alkanes) is 3.